The Hall–Kier alpha value is -1.86. The maximum atomic E-state index is 12.8. The number of hydrogen-bond donors (Lipinski definition) is 0. The van der Waals surface area contributed by atoms with Gasteiger partial charge in [0.25, 0.3) is 0 Å². The van der Waals surface area contributed by atoms with Crippen LogP contribution in [0.25, 0.3) is 6.08 Å². The first-order valence-electron chi connectivity index (χ1n) is 13.7. The third kappa shape index (κ3) is 15.7. The van der Waals surface area contributed by atoms with E-state index in [9.17, 15) is 4.79 Å². The average molecular weight is 498 g/mol. The van der Waals surface area contributed by atoms with E-state index in [1.54, 1.807) is 6.26 Å². The van der Waals surface area contributed by atoms with Gasteiger partial charge in [-0.3, -0.25) is 4.79 Å². The molecule has 0 N–H and O–H groups in total. The molecular weight excluding hydrogens is 446 g/mol. The first-order valence-corrected chi connectivity index (χ1v) is 17.2. The van der Waals surface area contributed by atoms with Crippen molar-refractivity contribution in [2.45, 2.75) is 125 Å². The van der Waals surface area contributed by atoms with Crippen LogP contribution in [0.2, 0.25) is 19.6 Å². The quantitative estimate of drug-likeness (QED) is 0.0988. The molecule has 0 amide bonds. The second kappa shape index (κ2) is 16.0. The number of oxazole rings is 1. The monoisotopic (exact) mass is 497 g/mol. The maximum absolute atomic E-state index is 12.8. The van der Waals surface area contributed by atoms with Gasteiger partial charge in [0.15, 0.2) is 5.89 Å². The molecule has 1 atom stereocenters. The van der Waals surface area contributed by atoms with Crippen LogP contribution in [0, 0.1) is 29.7 Å². The molecule has 0 aromatic carbocycles. The van der Waals surface area contributed by atoms with Crippen LogP contribution >= 0.6 is 0 Å². The highest BCUT2D eigenvalue weighted by Gasteiger charge is 2.26. The first-order chi connectivity index (χ1) is 16.4. The van der Waals surface area contributed by atoms with Gasteiger partial charge in [-0.05, 0) is 63.9 Å². The summed E-state index contributed by atoms with van der Waals surface area (Å²) in [5.41, 5.74) is 5.59. The van der Waals surface area contributed by atoms with Crippen molar-refractivity contribution in [2.24, 2.45) is 11.3 Å². The fourth-order valence-electron chi connectivity index (χ4n) is 4.03. The summed E-state index contributed by atoms with van der Waals surface area (Å²) < 4.78 is 5.21. The van der Waals surface area contributed by atoms with Crippen LogP contribution in [0.15, 0.2) is 28.4 Å². The molecule has 0 bridgehead atoms. The van der Waals surface area contributed by atoms with E-state index >= 15 is 0 Å². The second-order valence-electron chi connectivity index (χ2n) is 11.9. The highest BCUT2D eigenvalue weighted by Crippen LogP contribution is 2.28. The Morgan fingerprint density at radius 2 is 1.89 bits per heavy atom. The van der Waals surface area contributed by atoms with E-state index in [4.69, 9.17) is 4.42 Å². The Morgan fingerprint density at radius 3 is 2.54 bits per heavy atom. The summed E-state index contributed by atoms with van der Waals surface area (Å²) in [5.74, 6) is 5.09. The van der Waals surface area contributed by atoms with Gasteiger partial charge >= 0.3 is 0 Å². The molecule has 1 rings (SSSR count). The third-order valence-electron chi connectivity index (χ3n) is 6.46. The molecule has 1 aromatic heterocycles. The lowest BCUT2D eigenvalue weighted by molar-refractivity contribution is -0.127. The Kier molecular flexibility index (Phi) is 14.2. The summed E-state index contributed by atoms with van der Waals surface area (Å²) in [5, 5.41) is 0. The lowest BCUT2D eigenvalue weighted by Crippen LogP contribution is -2.24. The van der Waals surface area contributed by atoms with E-state index < -0.39 is 8.07 Å². The Balaban J connectivity index is 2.18. The minimum atomic E-state index is -1.25. The zero-order chi connectivity index (χ0) is 26.3. The fourth-order valence-corrected chi connectivity index (χ4v) is 4.68. The number of allylic oxidation sites excluding steroid dienone is 3. The fraction of sp³-hybridized carbons (Fsp3) is 0.677. The summed E-state index contributed by atoms with van der Waals surface area (Å²) in [6.45, 7) is 17.5. The molecule has 35 heavy (non-hydrogen) atoms. The van der Waals surface area contributed by atoms with Crippen molar-refractivity contribution in [2.75, 3.05) is 0 Å². The highest BCUT2D eigenvalue weighted by atomic mass is 28.3. The van der Waals surface area contributed by atoms with Crippen molar-refractivity contribution in [3.63, 3.8) is 0 Å². The van der Waals surface area contributed by atoms with Gasteiger partial charge in [0.05, 0.1) is 0 Å². The highest BCUT2D eigenvalue weighted by molar-refractivity contribution is 6.83. The maximum Gasteiger partial charge on any atom is 0.191 e. The van der Waals surface area contributed by atoms with Crippen LogP contribution in [0.3, 0.4) is 0 Å². The topological polar surface area (TPSA) is 43.1 Å². The molecule has 0 saturated carbocycles. The van der Waals surface area contributed by atoms with Gasteiger partial charge in [0.2, 0.25) is 0 Å². The van der Waals surface area contributed by atoms with Crippen molar-refractivity contribution in [1.82, 2.24) is 4.98 Å². The lowest BCUT2D eigenvalue weighted by Gasteiger charge is -2.23. The largest absolute Gasteiger partial charge is 0.449 e. The van der Waals surface area contributed by atoms with Crippen LogP contribution in [0.4, 0.5) is 0 Å². The summed E-state index contributed by atoms with van der Waals surface area (Å²) in [7, 11) is -1.25. The number of carbonyl (C=O) groups excluding carboxylic acids is 1. The van der Waals surface area contributed by atoms with Crippen LogP contribution in [0.5, 0.6) is 0 Å². The van der Waals surface area contributed by atoms with Crippen molar-refractivity contribution >= 4 is 19.9 Å². The van der Waals surface area contributed by atoms with Crippen LogP contribution in [-0.2, 0) is 4.79 Å². The predicted octanol–water partition coefficient (Wildman–Crippen LogP) is 9.35. The molecule has 0 aliphatic rings. The van der Waals surface area contributed by atoms with E-state index in [0.717, 1.165) is 63.5 Å². The normalized spacial score (nSPS) is 13.7. The molecule has 196 valence electrons. The summed E-state index contributed by atoms with van der Waals surface area (Å²) in [6.07, 6.45) is 19.7. The Morgan fingerprint density at radius 1 is 1.14 bits per heavy atom. The van der Waals surface area contributed by atoms with Crippen LogP contribution in [-0.4, -0.2) is 18.8 Å². The second-order valence-corrected chi connectivity index (χ2v) is 16.7. The van der Waals surface area contributed by atoms with Gasteiger partial charge in [0, 0.05) is 25.2 Å². The average Bonchev–Trinajstić information content (AvgIpc) is 3.18. The summed E-state index contributed by atoms with van der Waals surface area (Å²) >= 11 is 0. The van der Waals surface area contributed by atoms with Crippen molar-refractivity contribution < 1.29 is 9.21 Å². The Bertz CT molecular complexity index is 874. The zero-order valence-corrected chi connectivity index (χ0v) is 24.9. The van der Waals surface area contributed by atoms with E-state index in [0.29, 0.717) is 17.6 Å². The standard InChI is InChI=1S/C31H51NO2Si/c1-26(17-12-11-13-20-29-25-34-28(3)32-29)18-16-19-27(2)21-22-30(33)31(4,5)23-14-9-10-15-24-35(6,7)8/h13,17,20,25,27H,9-12,14,16,18-19,21-23H2,1-8H3. The van der Waals surface area contributed by atoms with E-state index in [1.165, 1.54) is 18.4 Å². The van der Waals surface area contributed by atoms with Gasteiger partial charge in [-0.25, -0.2) is 4.98 Å². The minimum Gasteiger partial charge on any atom is -0.449 e. The van der Waals surface area contributed by atoms with Crippen molar-refractivity contribution in [3.8, 4) is 11.5 Å². The molecule has 0 saturated heterocycles. The lowest BCUT2D eigenvalue weighted by atomic mass is 9.80. The molecule has 1 heterocycles. The molecule has 0 aliphatic carbocycles. The number of hydrogen-bond acceptors (Lipinski definition) is 3. The molecule has 0 spiro atoms. The van der Waals surface area contributed by atoms with Crippen molar-refractivity contribution in [3.05, 3.63) is 35.6 Å². The molecule has 4 heteroatoms. The summed E-state index contributed by atoms with van der Waals surface area (Å²) in [6, 6.07) is 0. The van der Waals surface area contributed by atoms with E-state index in [1.807, 2.05) is 13.0 Å². The number of unbranched alkanes of at least 4 members (excludes halogenated alkanes) is 3. The number of rotatable bonds is 16. The van der Waals surface area contributed by atoms with E-state index in [2.05, 4.69) is 75.9 Å². The summed E-state index contributed by atoms with van der Waals surface area (Å²) in [4.78, 5) is 17.1. The number of ketones is 1. The Labute approximate surface area is 217 Å². The smallest absolute Gasteiger partial charge is 0.191 e. The minimum absolute atomic E-state index is 0.202. The van der Waals surface area contributed by atoms with E-state index in [-0.39, 0.29) is 5.41 Å². The third-order valence-corrected chi connectivity index (χ3v) is 7.38. The van der Waals surface area contributed by atoms with Gasteiger partial charge in [-0.15, -0.1) is 11.5 Å². The molecule has 1 unspecified atom stereocenters. The number of carbonyl (C=O) groups is 1. The molecule has 3 nitrogen and oxygen atoms in total. The molecular formula is C31H51NO2Si. The number of nitrogens with zero attached hydrogens (tertiary/aromatic N) is 1. The molecule has 0 radical (unpaired) electrons. The molecule has 0 aliphatic heterocycles. The zero-order valence-electron chi connectivity index (χ0n) is 23.9. The van der Waals surface area contributed by atoms with Crippen molar-refractivity contribution in [1.29, 1.82) is 0 Å². The number of aromatic nitrogens is 1. The van der Waals surface area contributed by atoms with Gasteiger partial charge in [0.1, 0.15) is 25.8 Å². The first kappa shape index (κ1) is 31.2. The van der Waals surface area contributed by atoms with Crippen LogP contribution in [0.1, 0.15) is 110 Å². The molecule has 1 aromatic rings. The van der Waals surface area contributed by atoms with Crippen LogP contribution < -0.4 is 0 Å². The number of aryl methyl sites for hydroxylation is 1. The molecule has 0 fully saturated rings. The van der Waals surface area contributed by atoms with Gasteiger partial charge < -0.3 is 4.42 Å². The van der Waals surface area contributed by atoms with Gasteiger partial charge in [-0.2, -0.15) is 0 Å². The SMILES string of the molecule is CC(=CCCC=Cc1coc(C)n1)CCCC(C)CCC(=O)C(C)(C)CCCCC#C[Si](C)(C)C. The van der Waals surface area contributed by atoms with Gasteiger partial charge in [-0.1, -0.05) is 71.0 Å². The predicted molar refractivity (Wildman–Crippen MR) is 154 cm³/mol. The number of Topliss-reactive ketones (excluding diaryl/α,β-unsaturated/α-hetero) is 1.